The summed E-state index contributed by atoms with van der Waals surface area (Å²) in [6.07, 6.45) is 1.80. The van der Waals surface area contributed by atoms with Crippen LogP contribution in [0, 0.1) is 0 Å². The summed E-state index contributed by atoms with van der Waals surface area (Å²) in [6.45, 7) is 0. The van der Waals surface area contributed by atoms with Crippen LogP contribution in [-0.4, -0.2) is 23.6 Å². The first-order valence-corrected chi connectivity index (χ1v) is 7.14. The molecule has 0 radical (unpaired) electrons. The van der Waals surface area contributed by atoms with Crippen molar-refractivity contribution in [1.82, 2.24) is 4.57 Å². The van der Waals surface area contributed by atoms with Crippen molar-refractivity contribution in [3.63, 3.8) is 0 Å². The van der Waals surface area contributed by atoms with Gasteiger partial charge in [0.05, 0.1) is 18.2 Å². The number of benzene rings is 2. The first-order chi connectivity index (χ1) is 11.1. The molecule has 5 heteroatoms. The Bertz CT molecular complexity index is 896. The molecule has 1 heterocycles. The third kappa shape index (κ3) is 2.81. The first kappa shape index (κ1) is 14.8. The maximum atomic E-state index is 12.6. The Labute approximate surface area is 133 Å². The van der Waals surface area contributed by atoms with Gasteiger partial charge in [0.15, 0.2) is 0 Å². The van der Waals surface area contributed by atoms with E-state index in [4.69, 9.17) is 0 Å². The van der Waals surface area contributed by atoms with Crippen LogP contribution >= 0.6 is 0 Å². The minimum atomic E-state index is -0.439. The number of para-hydroxylation sites is 1. The van der Waals surface area contributed by atoms with Crippen LogP contribution in [0.25, 0.3) is 10.9 Å². The minimum Gasteiger partial charge on any atom is -0.465 e. The number of ether oxygens (including phenoxy) is 1. The van der Waals surface area contributed by atoms with Crippen molar-refractivity contribution >= 4 is 28.5 Å². The van der Waals surface area contributed by atoms with Crippen molar-refractivity contribution in [2.24, 2.45) is 7.05 Å². The molecule has 0 saturated carbocycles. The summed E-state index contributed by atoms with van der Waals surface area (Å²) in [4.78, 5) is 24.1. The van der Waals surface area contributed by atoms with Crippen LogP contribution in [0.1, 0.15) is 20.7 Å². The zero-order valence-corrected chi connectivity index (χ0v) is 12.9. The summed E-state index contributed by atoms with van der Waals surface area (Å²) < 4.78 is 6.60. The SMILES string of the molecule is COC(=O)c1cccc(NC(=O)c2cn(C)c3ccccc23)c1. The van der Waals surface area contributed by atoms with Gasteiger partial charge in [0.2, 0.25) is 0 Å². The Balaban J connectivity index is 1.91. The third-order valence-corrected chi connectivity index (χ3v) is 3.68. The number of anilines is 1. The number of nitrogens with zero attached hydrogens (tertiary/aromatic N) is 1. The molecule has 0 atom stereocenters. The molecular formula is C18H16N2O3. The largest absolute Gasteiger partial charge is 0.465 e. The van der Waals surface area contributed by atoms with Crippen molar-refractivity contribution < 1.29 is 14.3 Å². The van der Waals surface area contributed by atoms with Crippen LogP contribution in [-0.2, 0) is 11.8 Å². The molecule has 3 rings (SSSR count). The number of aromatic nitrogens is 1. The Morgan fingerprint density at radius 2 is 1.87 bits per heavy atom. The van der Waals surface area contributed by atoms with Gasteiger partial charge in [-0.15, -0.1) is 0 Å². The predicted octanol–water partition coefficient (Wildman–Crippen LogP) is 3.22. The quantitative estimate of drug-likeness (QED) is 0.756. The number of carbonyl (C=O) groups is 2. The number of aryl methyl sites for hydroxylation is 1. The lowest BCUT2D eigenvalue weighted by atomic mass is 10.1. The molecule has 0 bridgehead atoms. The van der Waals surface area contributed by atoms with E-state index in [2.05, 4.69) is 10.1 Å². The number of carbonyl (C=O) groups excluding carboxylic acids is 2. The standard InChI is InChI=1S/C18H16N2O3/c1-20-11-15(14-8-3-4-9-16(14)20)17(21)19-13-7-5-6-12(10-13)18(22)23-2/h3-11H,1-2H3,(H,19,21). The molecule has 0 aliphatic heterocycles. The van der Waals surface area contributed by atoms with E-state index in [0.29, 0.717) is 16.8 Å². The first-order valence-electron chi connectivity index (χ1n) is 7.14. The van der Waals surface area contributed by atoms with Gasteiger partial charge >= 0.3 is 5.97 Å². The van der Waals surface area contributed by atoms with Gasteiger partial charge in [0.1, 0.15) is 0 Å². The maximum Gasteiger partial charge on any atom is 0.337 e. The molecule has 116 valence electrons. The average molecular weight is 308 g/mol. The van der Waals surface area contributed by atoms with Gasteiger partial charge in [-0.25, -0.2) is 4.79 Å². The fourth-order valence-electron chi connectivity index (χ4n) is 2.56. The number of fused-ring (bicyclic) bond motifs is 1. The topological polar surface area (TPSA) is 60.3 Å². The zero-order valence-electron chi connectivity index (χ0n) is 12.9. The van der Waals surface area contributed by atoms with Gasteiger partial charge in [0.25, 0.3) is 5.91 Å². The predicted molar refractivity (Wildman–Crippen MR) is 88.7 cm³/mol. The molecule has 1 N–H and O–H groups in total. The second kappa shape index (κ2) is 5.96. The van der Waals surface area contributed by atoms with Gasteiger partial charge in [-0.1, -0.05) is 24.3 Å². The van der Waals surface area contributed by atoms with E-state index < -0.39 is 5.97 Å². The van der Waals surface area contributed by atoms with E-state index in [-0.39, 0.29) is 5.91 Å². The van der Waals surface area contributed by atoms with Crippen LogP contribution in [0.3, 0.4) is 0 Å². The fourth-order valence-corrected chi connectivity index (χ4v) is 2.56. The van der Waals surface area contributed by atoms with Gasteiger partial charge < -0.3 is 14.6 Å². The van der Waals surface area contributed by atoms with Crippen LogP contribution < -0.4 is 5.32 Å². The molecule has 0 fully saturated rings. The highest BCUT2D eigenvalue weighted by atomic mass is 16.5. The number of esters is 1. The summed E-state index contributed by atoms with van der Waals surface area (Å²) >= 11 is 0. The number of amides is 1. The van der Waals surface area contributed by atoms with E-state index in [1.807, 2.05) is 35.9 Å². The molecule has 3 aromatic rings. The second-order valence-electron chi connectivity index (χ2n) is 5.20. The van der Waals surface area contributed by atoms with Crippen molar-refractivity contribution in [1.29, 1.82) is 0 Å². The molecule has 0 saturated heterocycles. The van der Waals surface area contributed by atoms with Gasteiger partial charge in [0, 0.05) is 29.8 Å². The Hall–Kier alpha value is -3.08. The number of rotatable bonds is 3. The third-order valence-electron chi connectivity index (χ3n) is 3.68. The Morgan fingerprint density at radius 3 is 2.65 bits per heavy atom. The van der Waals surface area contributed by atoms with E-state index in [9.17, 15) is 9.59 Å². The molecule has 23 heavy (non-hydrogen) atoms. The number of hydrogen-bond donors (Lipinski definition) is 1. The van der Waals surface area contributed by atoms with Gasteiger partial charge in [-0.2, -0.15) is 0 Å². The molecule has 0 aliphatic rings. The molecule has 2 aromatic carbocycles. The molecular weight excluding hydrogens is 292 g/mol. The van der Waals surface area contributed by atoms with Crippen molar-refractivity contribution in [2.45, 2.75) is 0 Å². The Morgan fingerprint density at radius 1 is 1.09 bits per heavy atom. The van der Waals surface area contributed by atoms with Crippen LogP contribution in [0.4, 0.5) is 5.69 Å². The molecule has 1 amide bonds. The lowest BCUT2D eigenvalue weighted by molar-refractivity contribution is 0.0600. The van der Waals surface area contributed by atoms with Crippen LogP contribution in [0.15, 0.2) is 54.7 Å². The number of hydrogen-bond acceptors (Lipinski definition) is 3. The van der Waals surface area contributed by atoms with E-state index >= 15 is 0 Å². The summed E-state index contributed by atoms with van der Waals surface area (Å²) in [5.41, 5.74) is 2.52. The molecule has 5 nitrogen and oxygen atoms in total. The lowest BCUT2D eigenvalue weighted by Gasteiger charge is -2.06. The fraction of sp³-hybridized carbons (Fsp3) is 0.111. The smallest absolute Gasteiger partial charge is 0.337 e. The highest BCUT2D eigenvalue weighted by Gasteiger charge is 2.14. The molecule has 1 aromatic heterocycles. The summed E-state index contributed by atoms with van der Waals surface area (Å²) in [5.74, 6) is -0.657. The normalized spacial score (nSPS) is 10.5. The summed E-state index contributed by atoms with van der Waals surface area (Å²) in [7, 11) is 3.22. The van der Waals surface area contributed by atoms with Crippen LogP contribution in [0.5, 0.6) is 0 Å². The lowest BCUT2D eigenvalue weighted by Crippen LogP contribution is -2.12. The highest BCUT2D eigenvalue weighted by molar-refractivity contribution is 6.13. The van der Waals surface area contributed by atoms with Crippen molar-refractivity contribution in [3.8, 4) is 0 Å². The average Bonchev–Trinajstić information content (AvgIpc) is 2.92. The van der Waals surface area contributed by atoms with E-state index in [1.54, 1.807) is 30.5 Å². The van der Waals surface area contributed by atoms with Gasteiger partial charge in [-0.3, -0.25) is 4.79 Å². The minimum absolute atomic E-state index is 0.219. The maximum absolute atomic E-state index is 12.6. The summed E-state index contributed by atoms with van der Waals surface area (Å²) in [6, 6.07) is 14.4. The monoisotopic (exact) mass is 308 g/mol. The molecule has 0 spiro atoms. The second-order valence-corrected chi connectivity index (χ2v) is 5.20. The van der Waals surface area contributed by atoms with Crippen molar-refractivity contribution in [2.75, 3.05) is 12.4 Å². The number of methoxy groups -OCH3 is 1. The Kier molecular flexibility index (Phi) is 3.85. The molecule has 0 unspecified atom stereocenters. The van der Waals surface area contributed by atoms with Gasteiger partial charge in [-0.05, 0) is 24.3 Å². The summed E-state index contributed by atoms with van der Waals surface area (Å²) in [5, 5.41) is 3.71. The highest BCUT2D eigenvalue weighted by Crippen LogP contribution is 2.21. The van der Waals surface area contributed by atoms with Crippen molar-refractivity contribution in [3.05, 3.63) is 65.9 Å². The van der Waals surface area contributed by atoms with E-state index in [0.717, 1.165) is 10.9 Å². The number of nitrogens with one attached hydrogen (secondary N) is 1. The zero-order chi connectivity index (χ0) is 16.4. The molecule has 0 aliphatic carbocycles. The van der Waals surface area contributed by atoms with E-state index in [1.165, 1.54) is 7.11 Å². The van der Waals surface area contributed by atoms with Crippen LogP contribution in [0.2, 0.25) is 0 Å².